The zero-order valence-corrected chi connectivity index (χ0v) is 11.7. The van der Waals surface area contributed by atoms with Crippen LogP contribution in [0.5, 0.6) is 0 Å². The van der Waals surface area contributed by atoms with Crippen LogP contribution in [0.15, 0.2) is 28.1 Å². The van der Waals surface area contributed by atoms with Gasteiger partial charge in [0.2, 0.25) is 0 Å². The fraction of sp³-hybridized carbons (Fsp3) is 0.643. The normalized spacial score (nSPS) is 34.6. The van der Waals surface area contributed by atoms with Gasteiger partial charge >= 0.3 is 0 Å². The smallest absolute Gasteiger partial charge is 0.146 e. The van der Waals surface area contributed by atoms with Gasteiger partial charge in [-0.05, 0) is 44.4 Å². The van der Waals surface area contributed by atoms with Gasteiger partial charge < -0.3 is 5.32 Å². The Kier molecular flexibility index (Phi) is 2.90. The molecule has 3 aliphatic heterocycles. The number of nitrogens with one attached hydrogen (secondary N) is 2. The summed E-state index contributed by atoms with van der Waals surface area (Å²) in [5.41, 5.74) is 4.62. The van der Waals surface area contributed by atoms with Gasteiger partial charge in [-0.2, -0.15) is 0 Å². The number of hydrogen-bond donors (Lipinski definition) is 2. The fourth-order valence-corrected chi connectivity index (χ4v) is 3.32. The maximum Gasteiger partial charge on any atom is 0.146 e. The Labute approximate surface area is 118 Å². The minimum atomic E-state index is 0.305. The van der Waals surface area contributed by atoms with Crippen molar-refractivity contribution in [3.8, 4) is 0 Å². The van der Waals surface area contributed by atoms with Crippen molar-refractivity contribution in [3.63, 3.8) is 0 Å². The van der Waals surface area contributed by atoms with Crippen LogP contribution in [-0.2, 0) is 0 Å². The van der Waals surface area contributed by atoms with E-state index in [1.807, 2.05) is 11.1 Å². The van der Waals surface area contributed by atoms with Crippen molar-refractivity contribution in [2.75, 3.05) is 6.54 Å². The van der Waals surface area contributed by atoms with Crippen LogP contribution >= 0.6 is 11.6 Å². The lowest BCUT2D eigenvalue weighted by atomic mass is 9.98. The van der Waals surface area contributed by atoms with E-state index in [-0.39, 0.29) is 0 Å². The lowest BCUT2D eigenvalue weighted by Gasteiger charge is -2.30. The second kappa shape index (κ2) is 4.62. The average molecular weight is 279 g/mol. The molecule has 2 unspecified atom stereocenters. The first-order valence-corrected chi connectivity index (χ1v) is 7.66. The SMILES string of the molecule is ClC1=CC(C2CC2)=NC2=CC(C3CCCCN3)NN12. The first-order chi connectivity index (χ1) is 9.31. The molecule has 1 aliphatic carbocycles. The minimum Gasteiger partial charge on any atom is -0.312 e. The van der Waals surface area contributed by atoms with Crippen molar-refractivity contribution >= 4 is 17.3 Å². The summed E-state index contributed by atoms with van der Waals surface area (Å²) in [6, 6.07) is 0.802. The summed E-state index contributed by atoms with van der Waals surface area (Å²) in [6.07, 6.45) is 10.6. The number of fused-ring (bicyclic) bond motifs is 1. The maximum atomic E-state index is 6.37. The van der Waals surface area contributed by atoms with E-state index in [4.69, 9.17) is 16.6 Å². The Morgan fingerprint density at radius 1 is 1.26 bits per heavy atom. The van der Waals surface area contributed by atoms with Gasteiger partial charge in [0.15, 0.2) is 0 Å². The van der Waals surface area contributed by atoms with Crippen LogP contribution < -0.4 is 10.7 Å². The summed E-state index contributed by atoms with van der Waals surface area (Å²) in [4.78, 5) is 4.75. The molecule has 102 valence electrons. The van der Waals surface area contributed by atoms with E-state index < -0.39 is 0 Å². The number of rotatable bonds is 2. The largest absolute Gasteiger partial charge is 0.312 e. The number of piperidine rings is 1. The van der Waals surface area contributed by atoms with Gasteiger partial charge in [-0.3, -0.25) is 0 Å². The van der Waals surface area contributed by atoms with Gasteiger partial charge in [0.25, 0.3) is 0 Å². The van der Waals surface area contributed by atoms with Gasteiger partial charge in [0.05, 0.1) is 6.04 Å². The van der Waals surface area contributed by atoms with E-state index >= 15 is 0 Å². The van der Waals surface area contributed by atoms with Gasteiger partial charge in [0, 0.05) is 17.7 Å². The molecule has 2 fully saturated rings. The van der Waals surface area contributed by atoms with Crippen LogP contribution in [0.2, 0.25) is 0 Å². The second-order valence-corrected chi connectivity index (χ2v) is 6.24. The number of hydrogen-bond acceptors (Lipinski definition) is 4. The van der Waals surface area contributed by atoms with Gasteiger partial charge in [0.1, 0.15) is 11.0 Å². The maximum absolute atomic E-state index is 6.37. The predicted molar refractivity (Wildman–Crippen MR) is 76.6 cm³/mol. The molecule has 0 bridgehead atoms. The predicted octanol–water partition coefficient (Wildman–Crippen LogP) is 2.10. The molecule has 4 nitrogen and oxygen atoms in total. The Morgan fingerprint density at radius 3 is 2.89 bits per heavy atom. The molecule has 3 heterocycles. The molecule has 0 spiro atoms. The van der Waals surface area contributed by atoms with Gasteiger partial charge in [-0.15, -0.1) is 0 Å². The number of hydrazine groups is 1. The van der Waals surface area contributed by atoms with E-state index in [0.717, 1.165) is 23.2 Å². The van der Waals surface area contributed by atoms with Crippen LogP contribution in [0, 0.1) is 5.92 Å². The molecular formula is C14H19ClN4. The quantitative estimate of drug-likeness (QED) is 0.760. The standard InChI is InChI=1S/C14H19ClN4/c15-13-7-11(9-4-5-9)17-14-8-12(18-19(13)14)10-3-1-2-6-16-10/h7-10,12,16,18H,1-6H2. The monoisotopic (exact) mass is 278 g/mol. The molecule has 5 heteroatoms. The number of nitrogens with zero attached hydrogens (tertiary/aromatic N) is 2. The van der Waals surface area contributed by atoms with E-state index in [9.17, 15) is 0 Å². The molecule has 4 aliphatic rings. The third-order valence-electron chi connectivity index (χ3n) is 4.34. The molecule has 0 aromatic carbocycles. The third-order valence-corrected chi connectivity index (χ3v) is 4.62. The van der Waals surface area contributed by atoms with Crippen LogP contribution in [-0.4, -0.2) is 29.3 Å². The van der Waals surface area contributed by atoms with E-state index in [1.165, 1.54) is 32.1 Å². The highest BCUT2D eigenvalue weighted by Gasteiger charge is 2.35. The van der Waals surface area contributed by atoms with E-state index in [2.05, 4.69) is 16.8 Å². The summed E-state index contributed by atoms with van der Waals surface area (Å²) in [5.74, 6) is 1.62. The molecule has 1 saturated carbocycles. The second-order valence-electron chi connectivity index (χ2n) is 5.85. The highest BCUT2D eigenvalue weighted by Crippen LogP contribution is 2.36. The van der Waals surface area contributed by atoms with Crippen LogP contribution in [0.25, 0.3) is 0 Å². The molecule has 19 heavy (non-hydrogen) atoms. The summed E-state index contributed by atoms with van der Waals surface area (Å²) in [7, 11) is 0. The van der Waals surface area contributed by atoms with Gasteiger partial charge in [-0.25, -0.2) is 15.4 Å². The van der Waals surface area contributed by atoms with Crippen molar-refractivity contribution in [2.24, 2.45) is 10.9 Å². The number of allylic oxidation sites excluding steroid dienone is 1. The molecule has 0 aromatic rings. The molecule has 2 N–H and O–H groups in total. The molecule has 0 amide bonds. The molecule has 2 atom stereocenters. The molecule has 1 saturated heterocycles. The lowest BCUT2D eigenvalue weighted by Crippen LogP contribution is -2.50. The topological polar surface area (TPSA) is 39.7 Å². The molecular weight excluding hydrogens is 260 g/mol. The molecule has 0 radical (unpaired) electrons. The lowest BCUT2D eigenvalue weighted by molar-refractivity contribution is 0.268. The summed E-state index contributed by atoms with van der Waals surface area (Å²) in [5, 5.41) is 6.26. The van der Waals surface area contributed by atoms with E-state index in [1.54, 1.807) is 0 Å². The van der Waals surface area contributed by atoms with Gasteiger partial charge in [-0.1, -0.05) is 18.0 Å². The van der Waals surface area contributed by atoms with Crippen LogP contribution in [0.4, 0.5) is 0 Å². The summed E-state index contributed by atoms with van der Waals surface area (Å²) >= 11 is 6.37. The number of halogens is 1. The van der Waals surface area contributed by atoms with Crippen molar-refractivity contribution in [1.82, 2.24) is 15.8 Å². The van der Waals surface area contributed by atoms with Crippen LogP contribution in [0.1, 0.15) is 32.1 Å². The van der Waals surface area contributed by atoms with Crippen molar-refractivity contribution in [1.29, 1.82) is 0 Å². The highest BCUT2D eigenvalue weighted by molar-refractivity contribution is 6.31. The van der Waals surface area contributed by atoms with Crippen LogP contribution in [0.3, 0.4) is 0 Å². The highest BCUT2D eigenvalue weighted by atomic mass is 35.5. The zero-order valence-electron chi connectivity index (χ0n) is 10.9. The Morgan fingerprint density at radius 2 is 2.16 bits per heavy atom. The summed E-state index contributed by atoms with van der Waals surface area (Å²) < 4.78 is 0. The minimum absolute atomic E-state index is 0.305. The van der Waals surface area contributed by atoms with Crippen molar-refractivity contribution in [2.45, 2.75) is 44.2 Å². The Balaban J connectivity index is 1.56. The van der Waals surface area contributed by atoms with Crippen molar-refractivity contribution in [3.05, 3.63) is 23.1 Å². The molecule has 4 rings (SSSR count). The first kappa shape index (κ1) is 11.9. The summed E-state index contributed by atoms with van der Waals surface area (Å²) in [6.45, 7) is 1.12. The Bertz CT molecular complexity index is 472. The average Bonchev–Trinajstić information content (AvgIpc) is 3.19. The zero-order chi connectivity index (χ0) is 12.8. The first-order valence-electron chi connectivity index (χ1n) is 7.28. The van der Waals surface area contributed by atoms with Crippen molar-refractivity contribution < 1.29 is 0 Å². The Hall–Kier alpha value is -0.840. The fourth-order valence-electron chi connectivity index (χ4n) is 3.08. The number of aliphatic imine (C=N–C) groups is 1. The molecule has 0 aromatic heterocycles. The third kappa shape index (κ3) is 2.22. The van der Waals surface area contributed by atoms with E-state index in [0.29, 0.717) is 18.0 Å².